The molecule has 2 aromatic rings. The number of hydrogen-bond donors (Lipinski definition) is 1. The first-order valence-corrected chi connectivity index (χ1v) is 6.85. The number of esters is 1. The molecular formula is C12H10BrN3O2S. The second-order valence-corrected chi connectivity index (χ2v) is 5.29. The monoisotopic (exact) mass is 339 g/mol. The minimum Gasteiger partial charge on any atom is -0.465 e. The second kappa shape index (κ2) is 6.03. The lowest BCUT2D eigenvalue weighted by atomic mass is 10.2. The lowest BCUT2D eigenvalue weighted by Crippen LogP contribution is -2.07. The Labute approximate surface area is 122 Å². The zero-order chi connectivity index (χ0) is 13.8. The number of rotatable bonds is 3. The summed E-state index contributed by atoms with van der Waals surface area (Å²) >= 11 is 4.68. The van der Waals surface area contributed by atoms with E-state index < -0.39 is 5.97 Å². The van der Waals surface area contributed by atoms with E-state index in [-0.39, 0.29) is 5.69 Å². The van der Waals surface area contributed by atoms with E-state index in [1.165, 1.54) is 31.1 Å². The van der Waals surface area contributed by atoms with Gasteiger partial charge in [-0.2, -0.15) is 0 Å². The Morgan fingerprint density at radius 2 is 2.05 bits per heavy atom. The molecule has 0 aliphatic rings. The summed E-state index contributed by atoms with van der Waals surface area (Å²) in [5.41, 5.74) is 6.52. The number of anilines is 1. The number of nitrogens with two attached hydrogens (primary N) is 1. The van der Waals surface area contributed by atoms with Crippen LogP contribution in [0.3, 0.4) is 0 Å². The first kappa shape index (κ1) is 13.8. The molecule has 0 amide bonds. The van der Waals surface area contributed by atoms with Gasteiger partial charge in [0.2, 0.25) is 0 Å². The van der Waals surface area contributed by atoms with E-state index >= 15 is 0 Å². The summed E-state index contributed by atoms with van der Waals surface area (Å²) in [6, 6.07) is 5.21. The third-order valence-electron chi connectivity index (χ3n) is 2.28. The van der Waals surface area contributed by atoms with Crippen molar-refractivity contribution in [2.24, 2.45) is 0 Å². The number of carbonyl (C=O) groups excluding carboxylic acids is 1. The normalized spacial score (nSPS) is 10.2. The number of aromatic nitrogens is 2. The number of ether oxygens (including phenoxy) is 1. The van der Waals surface area contributed by atoms with Crippen LogP contribution in [-0.2, 0) is 4.74 Å². The quantitative estimate of drug-likeness (QED) is 0.866. The summed E-state index contributed by atoms with van der Waals surface area (Å²) in [5.74, 6) is -0.484. The second-order valence-electron chi connectivity index (χ2n) is 3.46. The van der Waals surface area contributed by atoms with Crippen LogP contribution in [0.2, 0.25) is 0 Å². The molecule has 0 atom stereocenters. The summed E-state index contributed by atoms with van der Waals surface area (Å²) in [7, 11) is 1.31. The van der Waals surface area contributed by atoms with E-state index in [2.05, 4.69) is 30.6 Å². The fourth-order valence-electron chi connectivity index (χ4n) is 1.36. The average molecular weight is 340 g/mol. The minimum atomic E-state index is -0.484. The van der Waals surface area contributed by atoms with Crippen molar-refractivity contribution in [1.82, 2.24) is 9.97 Å². The molecule has 0 saturated heterocycles. The molecule has 98 valence electrons. The van der Waals surface area contributed by atoms with Gasteiger partial charge in [0, 0.05) is 12.4 Å². The van der Waals surface area contributed by atoms with Crippen LogP contribution >= 0.6 is 27.7 Å². The lowest BCUT2D eigenvalue weighted by Gasteiger charge is -2.08. The number of pyridine rings is 2. The molecule has 0 saturated carbocycles. The topological polar surface area (TPSA) is 78.1 Å². The fraction of sp³-hybridized carbons (Fsp3) is 0.0833. The van der Waals surface area contributed by atoms with Crippen LogP contribution in [-0.4, -0.2) is 23.0 Å². The molecule has 19 heavy (non-hydrogen) atoms. The zero-order valence-corrected chi connectivity index (χ0v) is 12.4. The Morgan fingerprint density at radius 3 is 2.74 bits per heavy atom. The fourth-order valence-corrected chi connectivity index (χ4v) is 2.65. The van der Waals surface area contributed by atoms with E-state index in [0.29, 0.717) is 10.6 Å². The molecule has 0 aromatic carbocycles. The van der Waals surface area contributed by atoms with Crippen LogP contribution < -0.4 is 5.73 Å². The molecule has 0 aliphatic heterocycles. The molecule has 0 unspecified atom stereocenters. The van der Waals surface area contributed by atoms with Gasteiger partial charge in [-0.25, -0.2) is 14.8 Å². The SMILES string of the molecule is COC(=O)c1ccnc(Sc2ncccc2Br)c1N. The molecular weight excluding hydrogens is 330 g/mol. The van der Waals surface area contributed by atoms with Crippen LogP contribution in [0, 0.1) is 0 Å². The standard InChI is InChI=1S/C12H10BrN3O2S/c1-18-12(17)7-4-6-16-11(9(7)14)19-10-8(13)3-2-5-15-10/h2-6H,14H2,1H3. The molecule has 2 heterocycles. The average Bonchev–Trinajstić information content (AvgIpc) is 2.42. The highest BCUT2D eigenvalue weighted by molar-refractivity contribution is 9.10. The van der Waals surface area contributed by atoms with Crippen molar-refractivity contribution in [2.75, 3.05) is 12.8 Å². The van der Waals surface area contributed by atoms with Crippen molar-refractivity contribution in [2.45, 2.75) is 10.1 Å². The van der Waals surface area contributed by atoms with Crippen LogP contribution in [0.1, 0.15) is 10.4 Å². The van der Waals surface area contributed by atoms with Crippen molar-refractivity contribution in [1.29, 1.82) is 0 Å². The van der Waals surface area contributed by atoms with Gasteiger partial charge in [-0.1, -0.05) is 0 Å². The summed E-state index contributed by atoms with van der Waals surface area (Å²) in [6.07, 6.45) is 3.19. The maximum atomic E-state index is 11.5. The molecule has 0 aliphatic carbocycles. The van der Waals surface area contributed by atoms with Gasteiger partial charge in [0.05, 0.1) is 22.8 Å². The summed E-state index contributed by atoms with van der Waals surface area (Å²) in [5, 5.41) is 1.24. The predicted molar refractivity (Wildman–Crippen MR) is 76.0 cm³/mol. The van der Waals surface area contributed by atoms with Gasteiger partial charge < -0.3 is 10.5 Å². The predicted octanol–water partition coefficient (Wildman–Crippen LogP) is 2.76. The Morgan fingerprint density at radius 1 is 1.32 bits per heavy atom. The maximum absolute atomic E-state index is 11.5. The van der Waals surface area contributed by atoms with Crippen LogP contribution in [0.4, 0.5) is 5.69 Å². The molecule has 2 N–H and O–H groups in total. The molecule has 0 radical (unpaired) electrons. The number of nitrogen functional groups attached to an aromatic ring is 1. The number of hydrogen-bond acceptors (Lipinski definition) is 6. The van der Waals surface area contributed by atoms with E-state index in [1.807, 2.05) is 12.1 Å². The van der Waals surface area contributed by atoms with Crippen LogP contribution in [0.15, 0.2) is 45.1 Å². The van der Waals surface area contributed by atoms with Gasteiger partial charge in [0.15, 0.2) is 0 Å². The number of carbonyl (C=O) groups is 1. The van der Waals surface area contributed by atoms with E-state index in [1.54, 1.807) is 6.20 Å². The Hall–Kier alpha value is -1.60. The molecule has 0 fully saturated rings. The van der Waals surface area contributed by atoms with Crippen molar-refractivity contribution in [3.63, 3.8) is 0 Å². The van der Waals surface area contributed by atoms with E-state index in [0.717, 1.165) is 9.50 Å². The van der Waals surface area contributed by atoms with E-state index in [4.69, 9.17) is 5.73 Å². The van der Waals surface area contributed by atoms with Crippen molar-refractivity contribution >= 4 is 39.3 Å². The highest BCUT2D eigenvalue weighted by Gasteiger charge is 2.15. The Bertz CT molecular complexity index is 622. The molecule has 7 heteroatoms. The summed E-state index contributed by atoms with van der Waals surface area (Å²) < 4.78 is 5.50. The molecule has 0 spiro atoms. The van der Waals surface area contributed by atoms with Crippen molar-refractivity contribution in [3.05, 3.63) is 40.6 Å². The van der Waals surface area contributed by atoms with Crippen LogP contribution in [0.25, 0.3) is 0 Å². The van der Waals surface area contributed by atoms with Crippen molar-refractivity contribution < 1.29 is 9.53 Å². The zero-order valence-electron chi connectivity index (χ0n) is 9.96. The van der Waals surface area contributed by atoms with Gasteiger partial charge >= 0.3 is 5.97 Å². The third kappa shape index (κ3) is 3.05. The third-order valence-corrected chi connectivity index (χ3v) is 4.22. The first-order chi connectivity index (χ1) is 9.13. The summed E-state index contributed by atoms with van der Waals surface area (Å²) in [6.45, 7) is 0. The first-order valence-electron chi connectivity index (χ1n) is 5.24. The molecule has 0 bridgehead atoms. The number of methoxy groups -OCH3 is 1. The van der Waals surface area contributed by atoms with Crippen LogP contribution in [0.5, 0.6) is 0 Å². The van der Waals surface area contributed by atoms with Gasteiger partial charge in [-0.05, 0) is 45.9 Å². The largest absolute Gasteiger partial charge is 0.465 e. The van der Waals surface area contributed by atoms with Gasteiger partial charge in [0.25, 0.3) is 0 Å². The minimum absolute atomic E-state index is 0.289. The Kier molecular flexibility index (Phi) is 4.39. The van der Waals surface area contributed by atoms with Gasteiger partial charge in [-0.15, -0.1) is 0 Å². The lowest BCUT2D eigenvalue weighted by molar-refractivity contribution is 0.0601. The van der Waals surface area contributed by atoms with Crippen molar-refractivity contribution in [3.8, 4) is 0 Å². The van der Waals surface area contributed by atoms with E-state index in [9.17, 15) is 4.79 Å². The smallest absolute Gasteiger partial charge is 0.340 e. The Balaban J connectivity index is 2.37. The molecule has 2 rings (SSSR count). The number of nitrogens with zero attached hydrogens (tertiary/aromatic N) is 2. The maximum Gasteiger partial charge on any atom is 0.340 e. The molecule has 2 aromatic heterocycles. The highest BCUT2D eigenvalue weighted by atomic mass is 79.9. The highest BCUT2D eigenvalue weighted by Crippen LogP contribution is 2.34. The number of halogens is 1. The molecule has 5 nitrogen and oxygen atoms in total. The van der Waals surface area contributed by atoms with Gasteiger partial charge in [-0.3, -0.25) is 0 Å². The summed E-state index contributed by atoms with van der Waals surface area (Å²) in [4.78, 5) is 19.9. The van der Waals surface area contributed by atoms with Gasteiger partial charge in [0.1, 0.15) is 10.1 Å².